The van der Waals surface area contributed by atoms with E-state index in [4.69, 9.17) is 10.5 Å². The van der Waals surface area contributed by atoms with E-state index in [9.17, 15) is 4.79 Å². The van der Waals surface area contributed by atoms with E-state index in [1.54, 1.807) is 7.11 Å². The quantitative estimate of drug-likeness (QED) is 0.797. The second-order valence-electron chi connectivity index (χ2n) is 5.51. The monoisotopic (exact) mass is 348 g/mol. The third kappa shape index (κ3) is 6.32. The summed E-state index contributed by atoms with van der Waals surface area (Å²) in [5.41, 5.74) is 8.26. The van der Waals surface area contributed by atoms with Crippen molar-refractivity contribution < 1.29 is 9.53 Å². The van der Waals surface area contributed by atoms with Crippen LogP contribution in [-0.2, 0) is 16.1 Å². The molecule has 130 valence electrons. The summed E-state index contributed by atoms with van der Waals surface area (Å²) in [4.78, 5) is 14.4. The molecule has 5 heteroatoms. The van der Waals surface area contributed by atoms with Crippen LogP contribution in [0.25, 0.3) is 0 Å². The number of rotatable bonds is 8. The van der Waals surface area contributed by atoms with Crippen LogP contribution in [0.5, 0.6) is 0 Å². The van der Waals surface area contributed by atoms with Gasteiger partial charge in [-0.3, -0.25) is 4.79 Å². The zero-order chi connectivity index (χ0) is 16.5. The summed E-state index contributed by atoms with van der Waals surface area (Å²) in [7, 11) is 1.64. The molecule has 2 aromatic carbocycles. The highest BCUT2D eigenvalue weighted by molar-refractivity contribution is 5.85. The average Bonchev–Trinajstić information content (AvgIpc) is 2.60. The van der Waals surface area contributed by atoms with Crippen molar-refractivity contribution in [1.82, 2.24) is 4.90 Å². The van der Waals surface area contributed by atoms with E-state index in [0.29, 0.717) is 26.1 Å². The molecular formula is C19H25ClN2O2. The lowest BCUT2D eigenvalue weighted by atomic mass is 10.0. The zero-order valence-corrected chi connectivity index (χ0v) is 14.7. The highest BCUT2D eigenvalue weighted by Crippen LogP contribution is 2.16. The first kappa shape index (κ1) is 20.2. The number of hydrogen-bond donors (Lipinski definition) is 1. The van der Waals surface area contributed by atoms with E-state index >= 15 is 0 Å². The topological polar surface area (TPSA) is 55.6 Å². The molecule has 1 amide bonds. The normalized spacial score (nSPS) is 11.4. The summed E-state index contributed by atoms with van der Waals surface area (Å²) in [5.74, 6) is 0.0438. The lowest BCUT2D eigenvalue weighted by molar-refractivity contribution is -0.132. The highest BCUT2D eigenvalue weighted by atomic mass is 35.5. The van der Waals surface area contributed by atoms with Gasteiger partial charge in [0, 0.05) is 32.7 Å². The molecule has 2 rings (SSSR count). The molecule has 0 aromatic heterocycles. The van der Waals surface area contributed by atoms with Gasteiger partial charge in [0.05, 0.1) is 6.61 Å². The summed E-state index contributed by atoms with van der Waals surface area (Å²) in [5, 5.41) is 0. The Hall–Kier alpha value is -1.88. The van der Waals surface area contributed by atoms with Gasteiger partial charge in [-0.05, 0) is 11.1 Å². The molecule has 0 fully saturated rings. The molecule has 0 radical (unpaired) electrons. The Bertz CT molecular complexity index is 593. The molecule has 1 atom stereocenters. The lowest BCUT2D eigenvalue weighted by Gasteiger charge is -2.24. The summed E-state index contributed by atoms with van der Waals surface area (Å²) >= 11 is 0. The third-order valence-electron chi connectivity index (χ3n) is 3.76. The first-order chi connectivity index (χ1) is 11.2. The molecule has 1 unspecified atom stereocenters. The predicted molar refractivity (Wildman–Crippen MR) is 99.0 cm³/mol. The smallest absolute Gasteiger partial charge is 0.224 e. The van der Waals surface area contributed by atoms with Crippen molar-refractivity contribution in [3.05, 3.63) is 71.8 Å². The van der Waals surface area contributed by atoms with Gasteiger partial charge in [-0.15, -0.1) is 12.4 Å². The van der Waals surface area contributed by atoms with Crippen LogP contribution in [0.4, 0.5) is 0 Å². The van der Waals surface area contributed by atoms with Gasteiger partial charge in [-0.2, -0.15) is 0 Å². The first-order valence-electron chi connectivity index (χ1n) is 7.82. The Balaban J connectivity index is 0.00000288. The molecule has 0 heterocycles. The molecule has 0 aliphatic heterocycles. The van der Waals surface area contributed by atoms with E-state index in [1.165, 1.54) is 0 Å². The predicted octanol–water partition coefficient (Wildman–Crippen LogP) is 3.17. The van der Waals surface area contributed by atoms with Gasteiger partial charge >= 0.3 is 0 Å². The number of nitrogens with two attached hydrogens (primary N) is 1. The maximum atomic E-state index is 12.6. The number of amides is 1. The molecule has 0 saturated carbocycles. The minimum Gasteiger partial charge on any atom is -0.383 e. The van der Waals surface area contributed by atoms with Gasteiger partial charge in [0.2, 0.25) is 5.91 Å². The van der Waals surface area contributed by atoms with Gasteiger partial charge in [0.15, 0.2) is 0 Å². The number of carbonyl (C=O) groups excluding carboxylic acids is 1. The number of benzene rings is 2. The van der Waals surface area contributed by atoms with Gasteiger partial charge < -0.3 is 15.4 Å². The Morgan fingerprint density at radius 1 is 1.08 bits per heavy atom. The molecule has 24 heavy (non-hydrogen) atoms. The Morgan fingerprint density at radius 3 is 2.25 bits per heavy atom. The van der Waals surface area contributed by atoms with Crippen molar-refractivity contribution in [2.45, 2.75) is 19.0 Å². The minimum atomic E-state index is -0.287. The Morgan fingerprint density at radius 2 is 1.67 bits per heavy atom. The van der Waals surface area contributed by atoms with E-state index in [1.807, 2.05) is 65.6 Å². The molecule has 0 bridgehead atoms. The van der Waals surface area contributed by atoms with Crippen molar-refractivity contribution >= 4 is 18.3 Å². The highest BCUT2D eigenvalue weighted by Gasteiger charge is 2.18. The van der Waals surface area contributed by atoms with E-state index in [0.717, 1.165) is 11.1 Å². The van der Waals surface area contributed by atoms with Crippen molar-refractivity contribution in [1.29, 1.82) is 0 Å². The van der Waals surface area contributed by atoms with E-state index < -0.39 is 0 Å². The molecule has 2 N–H and O–H groups in total. The number of methoxy groups -OCH3 is 1. The van der Waals surface area contributed by atoms with Crippen molar-refractivity contribution in [2.24, 2.45) is 5.73 Å². The van der Waals surface area contributed by atoms with Crippen molar-refractivity contribution in [3.63, 3.8) is 0 Å². The van der Waals surface area contributed by atoms with Crippen LogP contribution in [0.3, 0.4) is 0 Å². The van der Waals surface area contributed by atoms with Crippen LogP contribution < -0.4 is 5.73 Å². The van der Waals surface area contributed by atoms with Crippen molar-refractivity contribution in [3.8, 4) is 0 Å². The zero-order valence-electron chi connectivity index (χ0n) is 13.9. The SMILES string of the molecule is COCCN(Cc1ccccc1)C(=O)CC(N)c1ccccc1.Cl. The molecule has 0 aliphatic rings. The lowest BCUT2D eigenvalue weighted by Crippen LogP contribution is -2.35. The number of nitrogens with zero attached hydrogens (tertiary/aromatic N) is 1. The minimum absolute atomic E-state index is 0. The third-order valence-corrected chi connectivity index (χ3v) is 3.76. The Labute approximate surface area is 150 Å². The molecule has 2 aromatic rings. The summed E-state index contributed by atoms with van der Waals surface area (Å²) < 4.78 is 5.12. The van der Waals surface area contributed by atoms with E-state index in [2.05, 4.69) is 0 Å². The van der Waals surface area contributed by atoms with Crippen LogP contribution in [0.1, 0.15) is 23.6 Å². The second-order valence-corrected chi connectivity index (χ2v) is 5.51. The number of ether oxygens (including phenoxy) is 1. The fraction of sp³-hybridized carbons (Fsp3) is 0.316. The Kier molecular flexibility index (Phi) is 9.08. The number of hydrogen-bond acceptors (Lipinski definition) is 3. The van der Waals surface area contributed by atoms with Crippen LogP contribution in [-0.4, -0.2) is 31.1 Å². The van der Waals surface area contributed by atoms with Crippen LogP contribution >= 0.6 is 12.4 Å². The van der Waals surface area contributed by atoms with Crippen LogP contribution in [0, 0.1) is 0 Å². The van der Waals surface area contributed by atoms with Crippen LogP contribution in [0.15, 0.2) is 60.7 Å². The van der Waals surface area contributed by atoms with Crippen molar-refractivity contribution in [2.75, 3.05) is 20.3 Å². The summed E-state index contributed by atoms with van der Waals surface area (Å²) in [6.45, 7) is 1.65. The van der Waals surface area contributed by atoms with E-state index in [-0.39, 0.29) is 24.4 Å². The maximum Gasteiger partial charge on any atom is 0.224 e. The fourth-order valence-electron chi connectivity index (χ4n) is 2.43. The molecule has 0 saturated heterocycles. The van der Waals surface area contributed by atoms with Gasteiger partial charge in [0.1, 0.15) is 0 Å². The summed E-state index contributed by atoms with van der Waals surface area (Å²) in [6.07, 6.45) is 0.292. The second kappa shape index (κ2) is 10.8. The van der Waals surface area contributed by atoms with Gasteiger partial charge in [0.25, 0.3) is 0 Å². The first-order valence-corrected chi connectivity index (χ1v) is 7.82. The number of carbonyl (C=O) groups is 1. The van der Waals surface area contributed by atoms with Gasteiger partial charge in [-0.1, -0.05) is 60.7 Å². The molecule has 4 nitrogen and oxygen atoms in total. The molecule has 0 aliphatic carbocycles. The fourth-order valence-corrected chi connectivity index (χ4v) is 2.43. The molecular weight excluding hydrogens is 324 g/mol. The molecule has 0 spiro atoms. The number of halogens is 1. The van der Waals surface area contributed by atoms with Crippen LogP contribution in [0.2, 0.25) is 0 Å². The summed E-state index contributed by atoms with van der Waals surface area (Å²) in [6, 6.07) is 19.4. The average molecular weight is 349 g/mol. The van der Waals surface area contributed by atoms with Gasteiger partial charge in [-0.25, -0.2) is 0 Å². The largest absolute Gasteiger partial charge is 0.383 e. The standard InChI is InChI=1S/C19H24N2O2.ClH/c1-23-13-12-21(15-16-8-4-2-5-9-16)19(22)14-18(20)17-10-6-3-7-11-17;/h2-11,18H,12-15,20H2,1H3;1H. The maximum absolute atomic E-state index is 12.6.